The molecule has 1 N–H and O–H groups in total. The zero-order valence-corrected chi connectivity index (χ0v) is 9.43. The average molecular weight is 218 g/mol. The molecule has 1 atom stereocenters. The number of hydrogen-bond donors (Lipinski definition) is 1. The van der Waals surface area contributed by atoms with Crippen molar-refractivity contribution in [1.82, 2.24) is 0 Å². The van der Waals surface area contributed by atoms with Gasteiger partial charge in [-0.3, -0.25) is 0 Å². The molecule has 86 valence electrons. The van der Waals surface area contributed by atoms with Gasteiger partial charge in [0, 0.05) is 6.42 Å². The summed E-state index contributed by atoms with van der Waals surface area (Å²) in [6.45, 7) is 0.727. The van der Waals surface area contributed by atoms with Gasteiger partial charge in [-0.05, 0) is 30.9 Å². The quantitative estimate of drug-likeness (QED) is 0.823. The lowest BCUT2D eigenvalue weighted by molar-refractivity contribution is 0.110. The van der Waals surface area contributed by atoms with Gasteiger partial charge in [0.25, 0.3) is 0 Å². The van der Waals surface area contributed by atoms with E-state index in [1.165, 1.54) is 5.56 Å². The first-order chi connectivity index (χ1) is 7.86. The fourth-order valence-electron chi connectivity index (χ4n) is 1.96. The highest BCUT2D eigenvalue weighted by molar-refractivity contribution is 5.14. The van der Waals surface area contributed by atoms with Crippen molar-refractivity contribution in [2.24, 2.45) is 0 Å². The SMILES string of the molecule is OC(CCCc1ccccc1)C1=CCCO1. The van der Waals surface area contributed by atoms with E-state index in [9.17, 15) is 5.11 Å². The number of benzene rings is 1. The molecule has 0 saturated carbocycles. The molecule has 1 unspecified atom stereocenters. The third kappa shape index (κ3) is 3.11. The Morgan fingerprint density at radius 2 is 2.06 bits per heavy atom. The van der Waals surface area contributed by atoms with Crippen molar-refractivity contribution in [3.63, 3.8) is 0 Å². The van der Waals surface area contributed by atoms with E-state index in [1.54, 1.807) is 0 Å². The van der Waals surface area contributed by atoms with Gasteiger partial charge >= 0.3 is 0 Å². The highest BCUT2D eigenvalue weighted by Gasteiger charge is 2.15. The third-order valence-electron chi connectivity index (χ3n) is 2.85. The molecule has 2 rings (SSSR count). The lowest BCUT2D eigenvalue weighted by Gasteiger charge is -2.11. The summed E-state index contributed by atoms with van der Waals surface area (Å²) >= 11 is 0. The van der Waals surface area contributed by atoms with Gasteiger partial charge in [-0.15, -0.1) is 0 Å². The minimum Gasteiger partial charge on any atom is -0.495 e. The van der Waals surface area contributed by atoms with E-state index in [1.807, 2.05) is 24.3 Å². The monoisotopic (exact) mass is 218 g/mol. The van der Waals surface area contributed by atoms with Crippen molar-refractivity contribution >= 4 is 0 Å². The summed E-state index contributed by atoms with van der Waals surface area (Å²) in [5.41, 5.74) is 1.33. The van der Waals surface area contributed by atoms with Crippen molar-refractivity contribution in [2.45, 2.75) is 31.8 Å². The van der Waals surface area contributed by atoms with Crippen LogP contribution in [-0.2, 0) is 11.2 Å². The minimum absolute atomic E-state index is 0.411. The van der Waals surface area contributed by atoms with Gasteiger partial charge in [0.2, 0.25) is 0 Å². The Kier molecular flexibility index (Phi) is 4.00. The van der Waals surface area contributed by atoms with E-state index in [2.05, 4.69) is 12.1 Å². The van der Waals surface area contributed by atoms with Crippen LogP contribution < -0.4 is 0 Å². The fourth-order valence-corrected chi connectivity index (χ4v) is 1.96. The van der Waals surface area contributed by atoms with Crippen molar-refractivity contribution in [3.8, 4) is 0 Å². The predicted octanol–water partition coefficient (Wildman–Crippen LogP) is 2.67. The van der Waals surface area contributed by atoms with Crippen LogP contribution in [0.5, 0.6) is 0 Å². The largest absolute Gasteiger partial charge is 0.495 e. The smallest absolute Gasteiger partial charge is 0.121 e. The van der Waals surface area contributed by atoms with E-state index in [4.69, 9.17) is 4.74 Å². The summed E-state index contributed by atoms with van der Waals surface area (Å²) in [4.78, 5) is 0. The molecular formula is C14H18O2. The molecule has 2 heteroatoms. The van der Waals surface area contributed by atoms with Gasteiger partial charge in [0.1, 0.15) is 11.9 Å². The van der Waals surface area contributed by atoms with Crippen LogP contribution in [0.3, 0.4) is 0 Å². The molecule has 0 spiro atoms. The summed E-state index contributed by atoms with van der Waals surface area (Å²) in [6, 6.07) is 10.4. The zero-order valence-electron chi connectivity index (χ0n) is 9.43. The summed E-state index contributed by atoms with van der Waals surface area (Å²) in [5, 5.41) is 9.83. The van der Waals surface area contributed by atoms with Crippen molar-refractivity contribution in [1.29, 1.82) is 0 Å². The molecule has 0 aliphatic carbocycles. The average Bonchev–Trinajstić information content (AvgIpc) is 2.84. The molecule has 1 heterocycles. The molecule has 16 heavy (non-hydrogen) atoms. The molecule has 0 radical (unpaired) electrons. The topological polar surface area (TPSA) is 29.5 Å². The molecule has 1 aliphatic heterocycles. The van der Waals surface area contributed by atoms with Gasteiger partial charge in [-0.25, -0.2) is 0 Å². The molecule has 0 bridgehead atoms. The maximum atomic E-state index is 9.83. The molecule has 2 nitrogen and oxygen atoms in total. The molecule has 0 fully saturated rings. The number of aliphatic hydroxyl groups excluding tert-OH is 1. The Morgan fingerprint density at radius 1 is 1.25 bits per heavy atom. The maximum Gasteiger partial charge on any atom is 0.121 e. The van der Waals surface area contributed by atoms with E-state index < -0.39 is 6.10 Å². The first kappa shape index (κ1) is 11.2. The van der Waals surface area contributed by atoms with Gasteiger partial charge in [-0.2, -0.15) is 0 Å². The molecule has 0 saturated heterocycles. The zero-order chi connectivity index (χ0) is 11.2. The summed E-state index contributed by atoms with van der Waals surface area (Å²) in [5.74, 6) is 0.771. The number of rotatable bonds is 5. The van der Waals surface area contributed by atoms with Crippen LogP contribution in [0.2, 0.25) is 0 Å². The van der Waals surface area contributed by atoms with Gasteiger partial charge in [0.05, 0.1) is 6.61 Å². The second-order valence-corrected chi connectivity index (χ2v) is 4.14. The minimum atomic E-state index is -0.411. The van der Waals surface area contributed by atoms with Crippen LogP contribution in [0.25, 0.3) is 0 Å². The molecule has 0 amide bonds. The van der Waals surface area contributed by atoms with Crippen LogP contribution in [0, 0.1) is 0 Å². The number of ether oxygens (including phenoxy) is 1. The van der Waals surface area contributed by atoms with Gasteiger partial charge < -0.3 is 9.84 Å². The lowest BCUT2D eigenvalue weighted by Crippen LogP contribution is -2.11. The van der Waals surface area contributed by atoms with E-state index in [0.29, 0.717) is 0 Å². The lowest BCUT2D eigenvalue weighted by atomic mass is 10.1. The Labute approximate surface area is 96.6 Å². The fraction of sp³-hybridized carbons (Fsp3) is 0.429. The van der Waals surface area contributed by atoms with Crippen molar-refractivity contribution < 1.29 is 9.84 Å². The number of aliphatic hydroxyl groups is 1. The molecular weight excluding hydrogens is 200 g/mol. The van der Waals surface area contributed by atoms with Crippen LogP contribution in [0.1, 0.15) is 24.8 Å². The van der Waals surface area contributed by atoms with E-state index in [0.717, 1.165) is 38.0 Å². The first-order valence-corrected chi connectivity index (χ1v) is 5.91. The van der Waals surface area contributed by atoms with Crippen molar-refractivity contribution in [3.05, 3.63) is 47.7 Å². The normalized spacial score (nSPS) is 16.7. The molecule has 1 aromatic rings. The number of aryl methyl sites for hydroxylation is 1. The highest BCUT2D eigenvalue weighted by atomic mass is 16.5. The van der Waals surface area contributed by atoms with E-state index in [-0.39, 0.29) is 0 Å². The predicted molar refractivity (Wildman–Crippen MR) is 64.0 cm³/mol. The molecule has 0 aromatic heterocycles. The highest BCUT2D eigenvalue weighted by Crippen LogP contribution is 2.17. The second-order valence-electron chi connectivity index (χ2n) is 4.14. The van der Waals surface area contributed by atoms with Gasteiger partial charge in [-0.1, -0.05) is 30.3 Å². The Hall–Kier alpha value is -1.28. The third-order valence-corrected chi connectivity index (χ3v) is 2.85. The summed E-state index contributed by atoms with van der Waals surface area (Å²) < 4.78 is 5.33. The summed E-state index contributed by atoms with van der Waals surface area (Å²) in [6.07, 6.45) is 5.31. The van der Waals surface area contributed by atoms with Gasteiger partial charge in [0.15, 0.2) is 0 Å². The Bertz CT molecular complexity index is 343. The second kappa shape index (κ2) is 5.71. The number of hydrogen-bond acceptors (Lipinski definition) is 2. The van der Waals surface area contributed by atoms with Crippen LogP contribution in [-0.4, -0.2) is 17.8 Å². The summed E-state index contributed by atoms with van der Waals surface area (Å²) in [7, 11) is 0. The van der Waals surface area contributed by atoms with Crippen LogP contribution in [0.15, 0.2) is 42.2 Å². The van der Waals surface area contributed by atoms with Crippen LogP contribution >= 0.6 is 0 Å². The Balaban J connectivity index is 1.72. The Morgan fingerprint density at radius 3 is 2.75 bits per heavy atom. The standard InChI is InChI=1S/C14H18O2/c15-13(14-10-5-11-16-14)9-4-8-12-6-2-1-3-7-12/h1-3,6-7,10,13,15H,4-5,8-9,11H2. The van der Waals surface area contributed by atoms with Crippen molar-refractivity contribution in [2.75, 3.05) is 6.61 Å². The first-order valence-electron chi connectivity index (χ1n) is 5.91. The molecule has 1 aromatic carbocycles. The van der Waals surface area contributed by atoms with E-state index >= 15 is 0 Å². The molecule has 1 aliphatic rings. The maximum absolute atomic E-state index is 9.83. The van der Waals surface area contributed by atoms with Crippen LogP contribution in [0.4, 0.5) is 0 Å².